The van der Waals surface area contributed by atoms with Gasteiger partial charge in [-0.05, 0) is 18.7 Å². The van der Waals surface area contributed by atoms with Gasteiger partial charge < -0.3 is 17.1 Å². The maximum absolute atomic E-state index is 11.7. The van der Waals surface area contributed by atoms with Gasteiger partial charge in [-0.25, -0.2) is 12.7 Å². The second kappa shape index (κ2) is 14.9. The van der Waals surface area contributed by atoms with Crippen molar-refractivity contribution >= 4 is 30.9 Å². The summed E-state index contributed by atoms with van der Waals surface area (Å²) in [5.41, 5.74) is 10.9. The fraction of sp³-hybridized carbons (Fsp3) is 0.394. The van der Waals surface area contributed by atoms with Gasteiger partial charge >= 0.3 is 159 Å². The summed E-state index contributed by atoms with van der Waals surface area (Å²) < 4.78 is 31.4. The van der Waals surface area contributed by atoms with Crippen LogP contribution in [0.1, 0.15) is 47.2 Å². The topological polar surface area (TPSA) is 53.1 Å². The van der Waals surface area contributed by atoms with Gasteiger partial charge in [-0.2, -0.15) is 6.07 Å². The molecule has 9 heteroatoms. The standard InChI is InChI=1S/C21H26N2.C11H16NO3S.CH2.ClH.Ru/c1-14-9-16(3)20(17(4)10-14)22-7-8-23(13-22)21-18(5)11-15(2)12-19(21)6;1-9(2)15-10-5-7-11(8-6-10)16(13,14)12(3)4;;;/h9-12H,7-8H2,1-6H3;5,7-9H,1-4H3;1H2;1H;/q;-1;;;/p-1. The number of halogens is 1. The van der Waals surface area contributed by atoms with Crippen molar-refractivity contribution in [2.75, 3.05) is 37.0 Å². The van der Waals surface area contributed by atoms with Gasteiger partial charge in [0, 0.05) is 19.8 Å². The molecule has 232 valence electrons. The van der Waals surface area contributed by atoms with E-state index in [-0.39, 0.29) is 39.6 Å². The monoisotopic (exact) mass is 699 g/mol. The predicted octanol–water partition coefficient (Wildman–Crippen LogP) is 2.99. The van der Waals surface area contributed by atoms with Crippen LogP contribution in [-0.2, 0) is 26.2 Å². The number of ether oxygens (including phenoxy) is 1. The molecule has 0 amide bonds. The van der Waals surface area contributed by atoms with E-state index in [0.29, 0.717) is 5.75 Å². The summed E-state index contributed by atoms with van der Waals surface area (Å²) in [6.45, 7) is 19.2. The van der Waals surface area contributed by atoms with Crippen molar-refractivity contribution < 1.29 is 41.8 Å². The Bertz CT molecular complexity index is 1450. The molecular formula is C33H44ClN3O3RuS-2. The van der Waals surface area contributed by atoms with Gasteiger partial charge in [0.2, 0.25) is 0 Å². The summed E-state index contributed by atoms with van der Waals surface area (Å²) >= 11 is -0.0824. The fourth-order valence-corrected chi connectivity index (χ4v) is 7.66. The number of anilines is 2. The van der Waals surface area contributed by atoms with Crippen LogP contribution in [0.5, 0.6) is 5.75 Å². The number of hydrogen-bond acceptors (Lipinski definition) is 5. The van der Waals surface area contributed by atoms with Crippen molar-refractivity contribution in [1.29, 1.82) is 0 Å². The molecule has 3 aromatic carbocycles. The molecule has 1 saturated heterocycles. The average Bonchev–Trinajstić information content (AvgIpc) is 3.26. The zero-order valence-electron chi connectivity index (χ0n) is 26.4. The van der Waals surface area contributed by atoms with E-state index >= 15 is 0 Å². The van der Waals surface area contributed by atoms with E-state index in [1.165, 1.54) is 79.6 Å². The number of aryl methyl sites for hydroxylation is 6. The quantitative estimate of drug-likeness (QED) is 0.293. The predicted molar refractivity (Wildman–Crippen MR) is 170 cm³/mol. The van der Waals surface area contributed by atoms with Crippen LogP contribution in [0.4, 0.5) is 11.4 Å². The Morgan fingerprint density at radius 2 is 1.29 bits per heavy atom. The Morgan fingerprint density at radius 1 is 0.857 bits per heavy atom. The van der Waals surface area contributed by atoms with Crippen LogP contribution >= 0.6 is 0 Å². The fourth-order valence-electron chi connectivity index (χ4n) is 5.35. The van der Waals surface area contributed by atoms with Gasteiger partial charge in [0.05, 0.1) is 6.10 Å². The Balaban J connectivity index is 0.000000316. The maximum Gasteiger partial charge on any atom is -1.00 e. The van der Waals surface area contributed by atoms with E-state index in [9.17, 15) is 8.42 Å². The van der Waals surface area contributed by atoms with E-state index in [1.807, 2.05) is 13.8 Å². The minimum absolute atomic E-state index is 0. The van der Waals surface area contributed by atoms with Crippen molar-refractivity contribution in [2.24, 2.45) is 0 Å². The molecule has 0 bridgehead atoms. The molecule has 0 saturated carbocycles. The van der Waals surface area contributed by atoms with E-state index < -0.39 is 10.0 Å². The number of hydrogen-bond donors (Lipinski definition) is 0. The maximum atomic E-state index is 11.7. The van der Waals surface area contributed by atoms with Crippen molar-refractivity contribution in [3.8, 4) is 5.75 Å². The molecule has 6 nitrogen and oxygen atoms in total. The number of benzene rings is 3. The first-order valence-corrected chi connectivity index (χ1v) is 17.2. The number of sulfonamides is 1. The van der Waals surface area contributed by atoms with Gasteiger partial charge in [0.15, 0.2) is 10.0 Å². The largest absolute Gasteiger partial charge is 1.00 e. The summed E-state index contributed by atoms with van der Waals surface area (Å²) in [5.74, 6) is 0.549. The third-order valence-corrected chi connectivity index (χ3v) is 10.1. The molecular weight excluding hydrogens is 655 g/mol. The first-order valence-electron chi connectivity index (χ1n) is 13.7. The van der Waals surface area contributed by atoms with Gasteiger partial charge in [-0.15, -0.1) is 18.2 Å². The smallest absolute Gasteiger partial charge is 1.00 e. The third-order valence-electron chi connectivity index (χ3n) is 6.80. The third kappa shape index (κ3) is 8.16. The molecule has 1 fully saturated rings. The van der Waals surface area contributed by atoms with Crippen molar-refractivity contribution in [3.63, 3.8) is 0 Å². The average molecular weight is 699 g/mol. The van der Waals surface area contributed by atoms with Crippen LogP contribution in [0.25, 0.3) is 0 Å². The van der Waals surface area contributed by atoms with Crippen molar-refractivity contribution in [3.05, 3.63) is 81.9 Å². The molecule has 42 heavy (non-hydrogen) atoms. The summed E-state index contributed by atoms with van der Waals surface area (Å²) in [6.07, 6.45) is 0.0487. The van der Waals surface area contributed by atoms with E-state index in [4.69, 9.17) is 4.74 Å². The summed E-state index contributed by atoms with van der Waals surface area (Å²) in [6, 6.07) is 16.5. The Morgan fingerprint density at radius 3 is 1.60 bits per heavy atom. The SMILES string of the molecule is CC(C)Oc1[c-]cc(S(=O)(=O)N(C)C)cc1.[CH2]=[Ru]=[C]1N(c2c(C)cc(C)cc2C)CCN1c1c(C)cc(C)cc1C.[Cl-]. The summed E-state index contributed by atoms with van der Waals surface area (Å²) in [5, 5.41) is 4.34. The zero-order valence-corrected chi connectivity index (χ0v) is 29.8. The molecule has 0 radical (unpaired) electrons. The van der Waals surface area contributed by atoms with Gasteiger partial charge in [0.25, 0.3) is 0 Å². The molecule has 0 N–H and O–H groups in total. The van der Waals surface area contributed by atoms with Crippen molar-refractivity contribution in [2.45, 2.75) is 66.4 Å². The molecule has 4 rings (SSSR count). The van der Waals surface area contributed by atoms with E-state index in [1.54, 1.807) is 6.07 Å². The normalized spacial score (nSPS) is 13.3. The van der Waals surface area contributed by atoms with Gasteiger partial charge in [-0.1, -0.05) is 0 Å². The minimum atomic E-state index is -3.38. The molecule has 1 aliphatic heterocycles. The molecule has 1 heterocycles. The Kier molecular flexibility index (Phi) is 12.7. The molecule has 3 aromatic rings. The Labute approximate surface area is 266 Å². The molecule has 0 unspecified atom stereocenters. The Hall–Kier alpha value is -2.38. The summed E-state index contributed by atoms with van der Waals surface area (Å²) in [7, 11) is -0.388. The summed E-state index contributed by atoms with van der Waals surface area (Å²) in [4.78, 5) is 5.26. The first kappa shape index (κ1) is 35.8. The second-order valence-corrected chi connectivity index (χ2v) is 14.6. The van der Waals surface area contributed by atoms with Crippen molar-refractivity contribution in [1.82, 2.24) is 4.31 Å². The molecule has 0 atom stereocenters. The number of nitrogens with zero attached hydrogens (tertiary/aromatic N) is 3. The molecule has 0 aromatic heterocycles. The minimum Gasteiger partial charge on any atom is -1.00 e. The van der Waals surface area contributed by atoms with Crippen LogP contribution in [0, 0.1) is 47.6 Å². The van der Waals surface area contributed by atoms with Crippen LogP contribution in [0.3, 0.4) is 0 Å². The van der Waals surface area contributed by atoms with Gasteiger partial charge in [-0.3, -0.25) is 0 Å². The van der Waals surface area contributed by atoms with E-state index in [0.717, 1.165) is 13.1 Å². The zero-order chi connectivity index (χ0) is 30.6. The second-order valence-electron chi connectivity index (χ2n) is 11.0. The molecule has 0 spiro atoms. The molecule has 1 aliphatic rings. The van der Waals surface area contributed by atoms with Gasteiger partial charge in [0.1, 0.15) is 0 Å². The molecule has 0 aliphatic carbocycles. The van der Waals surface area contributed by atoms with Crippen LogP contribution in [0.2, 0.25) is 0 Å². The number of rotatable bonds is 6. The van der Waals surface area contributed by atoms with Crippen LogP contribution in [0.15, 0.2) is 47.4 Å². The van der Waals surface area contributed by atoms with Crippen LogP contribution < -0.4 is 26.9 Å². The van der Waals surface area contributed by atoms with E-state index in [2.05, 4.69) is 86.8 Å². The van der Waals surface area contributed by atoms with Crippen LogP contribution in [-0.4, -0.2) is 55.5 Å². The first-order chi connectivity index (χ1) is 19.2.